The number of nitrogens with zero attached hydrogens (tertiary/aromatic N) is 1. The number of likely N-dealkylation sites (N-methyl/N-ethyl adjacent to an activating group) is 1. The molecule has 0 fully saturated rings. The third-order valence-electron chi connectivity index (χ3n) is 2.74. The summed E-state index contributed by atoms with van der Waals surface area (Å²) in [7, 11) is 0. The molecule has 1 aromatic rings. The van der Waals surface area contributed by atoms with Crippen LogP contribution in [0.15, 0.2) is 24.3 Å². The van der Waals surface area contributed by atoms with Gasteiger partial charge < -0.3 is 4.90 Å². The molecule has 94 valence electrons. The van der Waals surface area contributed by atoms with E-state index in [-0.39, 0.29) is 17.0 Å². The summed E-state index contributed by atoms with van der Waals surface area (Å²) in [6.07, 6.45) is 0. The highest BCUT2D eigenvalue weighted by molar-refractivity contribution is 5.88. The second-order valence-corrected chi connectivity index (χ2v) is 5.16. The van der Waals surface area contributed by atoms with Crippen LogP contribution in [0, 0.1) is 11.2 Å². The fourth-order valence-corrected chi connectivity index (χ4v) is 1.45. The number of hydrogen-bond donors (Lipinski definition) is 0. The number of carbonyl (C=O) groups is 1. The smallest absolute Gasteiger partial charge is 0.157 e. The average Bonchev–Trinajstić information content (AvgIpc) is 2.25. The van der Waals surface area contributed by atoms with Gasteiger partial charge in [0, 0.05) is 17.6 Å². The molecule has 0 spiro atoms. The van der Waals surface area contributed by atoms with Crippen molar-refractivity contribution in [2.24, 2.45) is 5.41 Å². The third-order valence-corrected chi connectivity index (χ3v) is 2.74. The van der Waals surface area contributed by atoms with Crippen LogP contribution in [0.3, 0.4) is 0 Å². The van der Waals surface area contributed by atoms with E-state index < -0.39 is 0 Å². The number of carbonyl (C=O) groups excluding carboxylic acids is 1. The van der Waals surface area contributed by atoms with Crippen molar-refractivity contribution in [2.75, 3.05) is 18.0 Å². The van der Waals surface area contributed by atoms with Gasteiger partial charge in [0.2, 0.25) is 0 Å². The quantitative estimate of drug-likeness (QED) is 0.801. The molecule has 3 heteroatoms. The van der Waals surface area contributed by atoms with Gasteiger partial charge in [0.1, 0.15) is 5.82 Å². The minimum atomic E-state index is -0.340. The van der Waals surface area contributed by atoms with Gasteiger partial charge in [-0.05, 0) is 31.2 Å². The largest absolute Gasteiger partial charge is 0.364 e. The Morgan fingerprint density at radius 3 is 2.18 bits per heavy atom. The number of benzene rings is 1. The van der Waals surface area contributed by atoms with Gasteiger partial charge in [0.05, 0.1) is 6.54 Å². The molecule has 0 aromatic heterocycles. The summed E-state index contributed by atoms with van der Waals surface area (Å²) >= 11 is 0. The Balaban J connectivity index is 2.79. The summed E-state index contributed by atoms with van der Waals surface area (Å²) < 4.78 is 12.8. The zero-order valence-corrected chi connectivity index (χ0v) is 11.0. The molecular weight excluding hydrogens is 217 g/mol. The predicted octanol–water partition coefficient (Wildman–Crippen LogP) is 3.27. The van der Waals surface area contributed by atoms with Crippen LogP contribution in [-0.4, -0.2) is 18.9 Å². The number of rotatable bonds is 4. The molecule has 1 aromatic carbocycles. The lowest BCUT2D eigenvalue weighted by Crippen LogP contribution is -2.35. The first-order chi connectivity index (χ1) is 7.84. The highest BCUT2D eigenvalue weighted by Gasteiger charge is 2.23. The fourth-order valence-electron chi connectivity index (χ4n) is 1.45. The van der Waals surface area contributed by atoms with Gasteiger partial charge in [0.25, 0.3) is 0 Å². The highest BCUT2D eigenvalue weighted by Crippen LogP contribution is 2.19. The van der Waals surface area contributed by atoms with Crippen molar-refractivity contribution in [1.82, 2.24) is 0 Å². The molecule has 0 aliphatic carbocycles. The lowest BCUT2D eigenvalue weighted by Gasteiger charge is -2.26. The van der Waals surface area contributed by atoms with E-state index in [1.165, 1.54) is 12.1 Å². The maximum atomic E-state index is 12.8. The Kier molecular flexibility index (Phi) is 4.27. The zero-order chi connectivity index (χ0) is 13.1. The number of Topliss-reactive ketones (excluding diaryl/α,β-unsaturated/α-hetero) is 1. The van der Waals surface area contributed by atoms with Crippen molar-refractivity contribution in [1.29, 1.82) is 0 Å². The van der Waals surface area contributed by atoms with Crippen LogP contribution < -0.4 is 4.90 Å². The van der Waals surface area contributed by atoms with Crippen molar-refractivity contribution in [3.05, 3.63) is 30.1 Å². The van der Waals surface area contributed by atoms with Gasteiger partial charge in [-0.2, -0.15) is 0 Å². The molecule has 1 rings (SSSR count). The molecule has 2 nitrogen and oxygen atoms in total. The topological polar surface area (TPSA) is 20.3 Å². The first-order valence-corrected chi connectivity index (χ1v) is 5.88. The molecule has 0 unspecified atom stereocenters. The summed E-state index contributed by atoms with van der Waals surface area (Å²) in [5.41, 5.74) is 0.541. The van der Waals surface area contributed by atoms with Crippen LogP contribution in [0.2, 0.25) is 0 Å². The normalized spacial score (nSPS) is 11.4. The van der Waals surface area contributed by atoms with Gasteiger partial charge in [-0.1, -0.05) is 20.8 Å². The van der Waals surface area contributed by atoms with Crippen LogP contribution in [-0.2, 0) is 4.79 Å². The van der Waals surface area contributed by atoms with Crippen molar-refractivity contribution in [2.45, 2.75) is 27.7 Å². The van der Waals surface area contributed by atoms with Crippen molar-refractivity contribution < 1.29 is 9.18 Å². The van der Waals surface area contributed by atoms with Gasteiger partial charge in [-0.25, -0.2) is 4.39 Å². The van der Waals surface area contributed by atoms with Gasteiger partial charge in [0.15, 0.2) is 5.78 Å². The number of hydrogen-bond acceptors (Lipinski definition) is 2. The molecular formula is C14H20FNO. The van der Waals surface area contributed by atoms with Gasteiger partial charge in [-0.15, -0.1) is 0 Å². The Hall–Kier alpha value is -1.38. The van der Waals surface area contributed by atoms with E-state index in [4.69, 9.17) is 0 Å². The molecule has 0 aliphatic rings. The summed E-state index contributed by atoms with van der Waals surface area (Å²) in [4.78, 5) is 13.9. The average molecular weight is 237 g/mol. The first kappa shape index (κ1) is 13.7. The second kappa shape index (κ2) is 5.30. The lowest BCUT2D eigenvalue weighted by molar-refractivity contribution is -0.124. The number of halogens is 1. The Morgan fingerprint density at radius 1 is 1.24 bits per heavy atom. The zero-order valence-electron chi connectivity index (χ0n) is 11.0. The summed E-state index contributed by atoms with van der Waals surface area (Å²) in [6, 6.07) is 6.24. The Labute approximate surface area is 102 Å². The molecule has 0 saturated heterocycles. The van der Waals surface area contributed by atoms with Gasteiger partial charge >= 0.3 is 0 Å². The second-order valence-electron chi connectivity index (χ2n) is 5.16. The molecule has 0 radical (unpaired) electrons. The lowest BCUT2D eigenvalue weighted by atomic mass is 9.90. The molecule has 0 heterocycles. The molecule has 0 aliphatic heterocycles. The summed E-state index contributed by atoms with van der Waals surface area (Å²) in [6.45, 7) is 8.81. The minimum Gasteiger partial charge on any atom is -0.364 e. The number of anilines is 1. The SMILES string of the molecule is CCN(CC(=O)C(C)(C)C)c1ccc(F)cc1. The van der Waals surface area contributed by atoms with Crippen LogP contribution in [0.4, 0.5) is 10.1 Å². The monoisotopic (exact) mass is 237 g/mol. The van der Waals surface area contributed by atoms with E-state index in [0.29, 0.717) is 6.54 Å². The molecule has 17 heavy (non-hydrogen) atoms. The standard InChI is InChI=1S/C14H20FNO/c1-5-16(10-13(17)14(2,3)4)12-8-6-11(15)7-9-12/h6-9H,5,10H2,1-4H3. The van der Waals surface area contributed by atoms with E-state index in [2.05, 4.69) is 0 Å². The minimum absolute atomic E-state index is 0.184. The maximum absolute atomic E-state index is 12.8. The highest BCUT2D eigenvalue weighted by atomic mass is 19.1. The number of ketones is 1. The summed E-state index contributed by atoms with van der Waals surface area (Å²) in [5.74, 6) is -0.0735. The van der Waals surface area contributed by atoms with E-state index >= 15 is 0 Å². The molecule has 0 amide bonds. The van der Waals surface area contributed by atoms with E-state index in [9.17, 15) is 9.18 Å². The van der Waals surface area contributed by atoms with Crippen LogP contribution in [0.5, 0.6) is 0 Å². The van der Waals surface area contributed by atoms with Crippen molar-refractivity contribution in [3.8, 4) is 0 Å². The van der Waals surface area contributed by atoms with E-state index in [1.54, 1.807) is 12.1 Å². The van der Waals surface area contributed by atoms with Crippen molar-refractivity contribution >= 4 is 11.5 Å². The first-order valence-electron chi connectivity index (χ1n) is 5.88. The van der Waals surface area contributed by atoms with Crippen LogP contribution in [0.1, 0.15) is 27.7 Å². The van der Waals surface area contributed by atoms with Crippen LogP contribution >= 0.6 is 0 Å². The molecule has 0 N–H and O–H groups in total. The maximum Gasteiger partial charge on any atom is 0.157 e. The molecule has 0 saturated carbocycles. The van der Waals surface area contributed by atoms with Gasteiger partial charge in [-0.3, -0.25) is 4.79 Å². The Morgan fingerprint density at radius 2 is 1.76 bits per heavy atom. The summed E-state index contributed by atoms with van der Waals surface area (Å²) in [5, 5.41) is 0. The molecule has 0 bridgehead atoms. The third kappa shape index (κ3) is 3.84. The van der Waals surface area contributed by atoms with Crippen LogP contribution in [0.25, 0.3) is 0 Å². The van der Waals surface area contributed by atoms with Crippen molar-refractivity contribution in [3.63, 3.8) is 0 Å². The molecule has 0 atom stereocenters. The Bertz CT molecular complexity index is 378. The van der Waals surface area contributed by atoms with E-state index in [1.807, 2.05) is 32.6 Å². The van der Waals surface area contributed by atoms with E-state index in [0.717, 1.165) is 12.2 Å². The fraction of sp³-hybridized carbons (Fsp3) is 0.500. The predicted molar refractivity (Wildman–Crippen MR) is 68.7 cm³/mol.